The minimum Gasteiger partial charge on any atom is -0.198 e. The molecular formula is C10H11N. The summed E-state index contributed by atoms with van der Waals surface area (Å²) in [7, 11) is 0. The van der Waals surface area contributed by atoms with Crippen LogP contribution < -0.4 is 0 Å². The van der Waals surface area contributed by atoms with Crippen molar-refractivity contribution in [2.45, 2.75) is 19.8 Å². The third-order valence-electron chi connectivity index (χ3n) is 1.77. The lowest BCUT2D eigenvalue weighted by molar-refractivity contribution is 0.980. The van der Waals surface area contributed by atoms with E-state index in [0.29, 0.717) is 0 Å². The van der Waals surface area contributed by atoms with E-state index in [9.17, 15) is 0 Å². The lowest BCUT2D eigenvalue weighted by atomic mass is 10.0. The minimum absolute atomic E-state index is 0.00981. The molecule has 11 heavy (non-hydrogen) atoms. The smallest absolute Gasteiger partial charge is 0.0700 e. The van der Waals surface area contributed by atoms with Crippen molar-refractivity contribution < 1.29 is 0 Å². The molecule has 1 nitrogen and oxygen atoms in total. The first-order valence-electron chi connectivity index (χ1n) is 3.70. The van der Waals surface area contributed by atoms with E-state index in [1.807, 2.05) is 38.1 Å². The predicted molar refractivity (Wildman–Crippen MR) is 45.2 cm³/mol. The van der Waals surface area contributed by atoms with Crippen molar-refractivity contribution in [1.29, 1.82) is 5.26 Å². The van der Waals surface area contributed by atoms with E-state index < -0.39 is 0 Å². The zero-order valence-corrected chi connectivity index (χ0v) is 6.83. The van der Waals surface area contributed by atoms with Crippen molar-refractivity contribution >= 4 is 0 Å². The fraction of sp³-hybridized carbons (Fsp3) is 0.300. The third-order valence-corrected chi connectivity index (χ3v) is 1.77. The summed E-state index contributed by atoms with van der Waals surface area (Å²) in [5.41, 5.74) is 2.33. The molecule has 0 spiro atoms. The van der Waals surface area contributed by atoms with Crippen molar-refractivity contribution in [2.24, 2.45) is 0 Å². The highest BCUT2D eigenvalue weighted by Gasteiger charge is 2.00. The first-order valence-corrected chi connectivity index (χ1v) is 3.70. The van der Waals surface area contributed by atoms with Crippen LogP contribution in [0.1, 0.15) is 24.0 Å². The van der Waals surface area contributed by atoms with E-state index in [0.717, 1.165) is 5.56 Å². The molecule has 1 aromatic carbocycles. The lowest BCUT2D eigenvalue weighted by Gasteiger charge is -2.01. The number of nitrogens with zero attached hydrogens (tertiary/aromatic N) is 1. The molecule has 0 N–H and O–H groups in total. The Morgan fingerprint density at radius 2 is 1.82 bits per heavy atom. The number of aryl methyl sites for hydroxylation is 1. The molecule has 1 unspecified atom stereocenters. The van der Waals surface area contributed by atoms with Gasteiger partial charge in [-0.15, -0.1) is 0 Å². The molecule has 0 aliphatic rings. The Bertz CT molecular complexity index is 266. The summed E-state index contributed by atoms with van der Waals surface area (Å²) >= 11 is 0. The van der Waals surface area contributed by atoms with Crippen molar-refractivity contribution in [2.75, 3.05) is 0 Å². The van der Waals surface area contributed by atoms with E-state index in [1.165, 1.54) is 5.56 Å². The van der Waals surface area contributed by atoms with Gasteiger partial charge >= 0.3 is 0 Å². The first-order chi connectivity index (χ1) is 5.24. The van der Waals surface area contributed by atoms with E-state index in [4.69, 9.17) is 5.26 Å². The summed E-state index contributed by atoms with van der Waals surface area (Å²) in [6.45, 7) is 3.95. The number of benzene rings is 1. The molecule has 0 aliphatic heterocycles. The number of rotatable bonds is 1. The van der Waals surface area contributed by atoms with Gasteiger partial charge in [0.2, 0.25) is 0 Å². The van der Waals surface area contributed by atoms with Crippen LogP contribution in [-0.2, 0) is 0 Å². The van der Waals surface area contributed by atoms with Crippen LogP contribution in [0.3, 0.4) is 0 Å². The molecule has 0 amide bonds. The molecule has 0 aliphatic carbocycles. The maximum atomic E-state index is 8.61. The Morgan fingerprint density at radius 1 is 1.27 bits per heavy atom. The van der Waals surface area contributed by atoms with Gasteiger partial charge in [-0.25, -0.2) is 0 Å². The number of nitriles is 1. The molecule has 56 valence electrons. The molecule has 0 saturated carbocycles. The average Bonchev–Trinajstić information content (AvgIpc) is 2.05. The van der Waals surface area contributed by atoms with Gasteiger partial charge in [-0.1, -0.05) is 29.8 Å². The highest BCUT2D eigenvalue weighted by atomic mass is 14.3. The van der Waals surface area contributed by atoms with E-state index in [2.05, 4.69) is 6.07 Å². The van der Waals surface area contributed by atoms with Crippen LogP contribution in [0.4, 0.5) is 0 Å². The fourth-order valence-electron chi connectivity index (χ4n) is 0.930. The van der Waals surface area contributed by atoms with Gasteiger partial charge in [0.05, 0.1) is 12.0 Å². The van der Waals surface area contributed by atoms with Crippen molar-refractivity contribution in [3.63, 3.8) is 0 Å². The molecule has 1 atom stereocenters. The third kappa shape index (κ3) is 1.81. The van der Waals surface area contributed by atoms with Crippen LogP contribution in [0.2, 0.25) is 0 Å². The standard InChI is InChI=1S/C10H11N/c1-8-3-5-10(6-4-8)9(2)7-11/h3-6,9H,1-2H3. The fourth-order valence-corrected chi connectivity index (χ4v) is 0.930. The summed E-state index contributed by atoms with van der Waals surface area (Å²) in [5, 5.41) is 8.61. The van der Waals surface area contributed by atoms with E-state index in [-0.39, 0.29) is 5.92 Å². The second-order valence-electron chi connectivity index (χ2n) is 2.76. The van der Waals surface area contributed by atoms with Crippen LogP contribution in [0, 0.1) is 18.3 Å². The van der Waals surface area contributed by atoms with E-state index in [1.54, 1.807) is 0 Å². The van der Waals surface area contributed by atoms with Gasteiger partial charge in [0.15, 0.2) is 0 Å². The molecule has 1 rings (SSSR count). The summed E-state index contributed by atoms with van der Waals surface area (Å²) < 4.78 is 0. The summed E-state index contributed by atoms with van der Waals surface area (Å²) in [4.78, 5) is 0. The second kappa shape index (κ2) is 3.21. The monoisotopic (exact) mass is 145 g/mol. The van der Waals surface area contributed by atoms with Gasteiger partial charge in [0.1, 0.15) is 0 Å². The van der Waals surface area contributed by atoms with Gasteiger partial charge in [0, 0.05) is 0 Å². The van der Waals surface area contributed by atoms with Crippen LogP contribution in [0.25, 0.3) is 0 Å². The molecule has 0 saturated heterocycles. The zero-order chi connectivity index (χ0) is 8.27. The maximum absolute atomic E-state index is 8.61. The van der Waals surface area contributed by atoms with E-state index >= 15 is 0 Å². The Labute approximate surface area is 67.3 Å². The molecular weight excluding hydrogens is 134 g/mol. The topological polar surface area (TPSA) is 23.8 Å². The van der Waals surface area contributed by atoms with Crippen LogP contribution in [0.15, 0.2) is 24.3 Å². The Hall–Kier alpha value is -1.29. The van der Waals surface area contributed by atoms with Crippen LogP contribution >= 0.6 is 0 Å². The molecule has 1 aromatic rings. The highest BCUT2D eigenvalue weighted by molar-refractivity contribution is 5.27. The second-order valence-corrected chi connectivity index (χ2v) is 2.76. The predicted octanol–water partition coefficient (Wildman–Crippen LogP) is 2.62. The van der Waals surface area contributed by atoms with Crippen molar-refractivity contribution in [1.82, 2.24) is 0 Å². The maximum Gasteiger partial charge on any atom is 0.0700 e. The first kappa shape index (κ1) is 7.81. The van der Waals surface area contributed by atoms with Gasteiger partial charge in [-0.05, 0) is 19.4 Å². The van der Waals surface area contributed by atoms with Gasteiger partial charge in [0.25, 0.3) is 0 Å². The molecule has 0 aromatic heterocycles. The Balaban J connectivity index is 2.92. The van der Waals surface area contributed by atoms with Crippen LogP contribution in [-0.4, -0.2) is 0 Å². The quantitative estimate of drug-likeness (QED) is 0.596. The highest BCUT2D eigenvalue weighted by Crippen LogP contribution is 2.13. The largest absolute Gasteiger partial charge is 0.198 e. The number of hydrogen-bond acceptors (Lipinski definition) is 1. The summed E-state index contributed by atoms with van der Waals surface area (Å²) in [5.74, 6) is 0.00981. The Morgan fingerprint density at radius 3 is 2.27 bits per heavy atom. The van der Waals surface area contributed by atoms with Crippen molar-refractivity contribution in [3.8, 4) is 6.07 Å². The lowest BCUT2D eigenvalue weighted by Crippen LogP contribution is -1.88. The number of hydrogen-bond donors (Lipinski definition) is 0. The summed E-state index contributed by atoms with van der Waals surface area (Å²) in [6.07, 6.45) is 0. The Kier molecular flexibility index (Phi) is 2.28. The van der Waals surface area contributed by atoms with Crippen molar-refractivity contribution in [3.05, 3.63) is 35.4 Å². The molecule has 0 radical (unpaired) electrons. The normalized spacial score (nSPS) is 12.1. The minimum atomic E-state index is 0.00981. The van der Waals surface area contributed by atoms with Crippen LogP contribution in [0.5, 0.6) is 0 Å². The SMILES string of the molecule is Cc1ccc(C(C)C#N)cc1. The summed E-state index contributed by atoms with van der Waals surface area (Å²) in [6, 6.07) is 10.3. The van der Waals surface area contributed by atoms with Gasteiger partial charge < -0.3 is 0 Å². The van der Waals surface area contributed by atoms with Gasteiger partial charge in [-0.3, -0.25) is 0 Å². The average molecular weight is 145 g/mol. The zero-order valence-electron chi connectivity index (χ0n) is 6.83. The molecule has 0 bridgehead atoms. The van der Waals surface area contributed by atoms with Gasteiger partial charge in [-0.2, -0.15) is 5.26 Å². The molecule has 0 heterocycles. The molecule has 0 fully saturated rings. The molecule has 1 heteroatoms.